The Morgan fingerprint density at radius 2 is 2.21 bits per heavy atom. The van der Waals surface area contributed by atoms with Gasteiger partial charge < -0.3 is 10.2 Å². The van der Waals surface area contributed by atoms with E-state index < -0.39 is 0 Å². The molecule has 0 aliphatic heterocycles. The van der Waals surface area contributed by atoms with Crippen LogP contribution in [-0.2, 0) is 6.42 Å². The van der Waals surface area contributed by atoms with Crippen molar-refractivity contribution in [1.82, 2.24) is 9.38 Å². The Morgan fingerprint density at radius 3 is 2.89 bits per heavy atom. The molecular weight excluding hydrogens is 306 g/mol. The van der Waals surface area contributed by atoms with Gasteiger partial charge in [-0.2, -0.15) is 0 Å². The summed E-state index contributed by atoms with van der Waals surface area (Å²) >= 11 is 3.50. The van der Waals surface area contributed by atoms with E-state index in [0.29, 0.717) is 17.3 Å². The monoisotopic (exact) mass is 319 g/mol. The minimum Gasteiger partial charge on any atom is -0.459 e. The van der Waals surface area contributed by atoms with E-state index in [2.05, 4.69) is 27.8 Å². The van der Waals surface area contributed by atoms with Crippen molar-refractivity contribution in [2.45, 2.75) is 20.3 Å². The van der Waals surface area contributed by atoms with E-state index in [1.165, 1.54) is 0 Å². The zero-order valence-corrected chi connectivity index (χ0v) is 12.4. The second kappa shape index (κ2) is 4.42. The number of fused-ring (bicyclic) bond motifs is 1. The van der Waals surface area contributed by atoms with E-state index in [9.17, 15) is 0 Å². The SMILES string of the molecule is CCc1ccc(-c2nc3cc(C)c(Br)cn3c2N)o1. The zero-order valence-electron chi connectivity index (χ0n) is 10.8. The lowest BCUT2D eigenvalue weighted by molar-refractivity contribution is 0.528. The number of nitrogens with zero attached hydrogens (tertiary/aromatic N) is 2. The minimum atomic E-state index is 0.590. The average Bonchev–Trinajstić information content (AvgIpc) is 2.97. The summed E-state index contributed by atoms with van der Waals surface area (Å²) in [6.45, 7) is 4.08. The fraction of sp³-hybridized carbons (Fsp3) is 0.214. The first-order valence-electron chi connectivity index (χ1n) is 6.13. The molecular formula is C14H14BrN3O. The molecule has 0 spiro atoms. The number of rotatable bonds is 2. The van der Waals surface area contributed by atoms with Gasteiger partial charge in [-0.1, -0.05) is 6.92 Å². The molecule has 2 N–H and O–H groups in total. The molecule has 0 fully saturated rings. The molecule has 3 heterocycles. The standard InChI is InChI=1S/C14H14BrN3O/c1-3-9-4-5-11(19-9)13-14(16)18-7-10(15)8(2)6-12(18)17-13/h4-7H,3,16H2,1-2H3. The number of hydrogen-bond acceptors (Lipinski definition) is 3. The van der Waals surface area contributed by atoms with Crippen LogP contribution in [0.15, 0.2) is 33.3 Å². The fourth-order valence-corrected chi connectivity index (χ4v) is 2.37. The van der Waals surface area contributed by atoms with Crippen molar-refractivity contribution in [3.8, 4) is 11.5 Å². The molecule has 0 amide bonds. The summed E-state index contributed by atoms with van der Waals surface area (Å²) in [7, 11) is 0. The van der Waals surface area contributed by atoms with E-state index in [4.69, 9.17) is 10.2 Å². The smallest absolute Gasteiger partial charge is 0.156 e. The van der Waals surface area contributed by atoms with Crippen LogP contribution in [0.3, 0.4) is 0 Å². The quantitative estimate of drug-likeness (QED) is 0.781. The van der Waals surface area contributed by atoms with Crippen molar-refractivity contribution in [2.75, 3.05) is 5.73 Å². The second-order valence-corrected chi connectivity index (χ2v) is 5.35. The third kappa shape index (κ3) is 1.94. The van der Waals surface area contributed by atoms with Crippen LogP contribution in [0.5, 0.6) is 0 Å². The normalized spacial score (nSPS) is 11.3. The molecule has 98 valence electrons. The Balaban J connectivity index is 2.22. The summed E-state index contributed by atoms with van der Waals surface area (Å²) in [5.74, 6) is 2.24. The summed E-state index contributed by atoms with van der Waals surface area (Å²) in [6, 6.07) is 5.87. The van der Waals surface area contributed by atoms with Crippen LogP contribution in [0, 0.1) is 6.92 Å². The number of nitrogen functional groups attached to an aromatic ring is 1. The summed E-state index contributed by atoms with van der Waals surface area (Å²) in [5, 5.41) is 0. The highest BCUT2D eigenvalue weighted by molar-refractivity contribution is 9.10. The highest BCUT2D eigenvalue weighted by Crippen LogP contribution is 2.30. The molecule has 19 heavy (non-hydrogen) atoms. The number of hydrogen-bond donors (Lipinski definition) is 1. The van der Waals surface area contributed by atoms with Crippen LogP contribution in [0.1, 0.15) is 18.2 Å². The zero-order chi connectivity index (χ0) is 13.6. The highest BCUT2D eigenvalue weighted by atomic mass is 79.9. The summed E-state index contributed by atoms with van der Waals surface area (Å²) in [6.07, 6.45) is 2.79. The summed E-state index contributed by atoms with van der Waals surface area (Å²) in [5.41, 5.74) is 8.80. The first kappa shape index (κ1) is 12.3. The van der Waals surface area contributed by atoms with E-state index in [0.717, 1.165) is 27.9 Å². The third-order valence-corrected chi connectivity index (χ3v) is 4.01. The van der Waals surface area contributed by atoms with Crippen LogP contribution in [0.25, 0.3) is 17.1 Å². The second-order valence-electron chi connectivity index (χ2n) is 4.50. The largest absolute Gasteiger partial charge is 0.459 e. The predicted molar refractivity (Wildman–Crippen MR) is 79.1 cm³/mol. The third-order valence-electron chi connectivity index (χ3n) is 3.18. The van der Waals surface area contributed by atoms with Gasteiger partial charge in [-0.3, -0.25) is 4.40 Å². The lowest BCUT2D eigenvalue weighted by atomic mass is 10.3. The Hall–Kier alpha value is -1.75. The van der Waals surface area contributed by atoms with Gasteiger partial charge in [0.1, 0.15) is 22.9 Å². The van der Waals surface area contributed by atoms with Gasteiger partial charge in [0.05, 0.1) is 0 Å². The molecule has 0 aliphatic carbocycles. The summed E-state index contributed by atoms with van der Waals surface area (Å²) < 4.78 is 8.59. The number of furan rings is 1. The minimum absolute atomic E-state index is 0.590. The van der Waals surface area contributed by atoms with E-state index in [1.54, 1.807) is 0 Å². The van der Waals surface area contributed by atoms with Crippen molar-refractivity contribution in [3.05, 3.63) is 40.2 Å². The molecule has 0 unspecified atom stereocenters. The number of nitrogens with two attached hydrogens (primary N) is 1. The van der Waals surface area contributed by atoms with Gasteiger partial charge >= 0.3 is 0 Å². The van der Waals surface area contributed by atoms with Crippen LogP contribution in [-0.4, -0.2) is 9.38 Å². The van der Waals surface area contributed by atoms with Crippen molar-refractivity contribution >= 4 is 27.4 Å². The average molecular weight is 320 g/mol. The van der Waals surface area contributed by atoms with Crippen LogP contribution in [0.2, 0.25) is 0 Å². The van der Waals surface area contributed by atoms with Crippen molar-refractivity contribution < 1.29 is 4.42 Å². The Bertz CT molecular complexity index is 757. The lowest BCUT2D eigenvalue weighted by Crippen LogP contribution is -1.94. The number of anilines is 1. The van der Waals surface area contributed by atoms with E-state index >= 15 is 0 Å². The maximum absolute atomic E-state index is 6.16. The number of halogens is 1. The summed E-state index contributed by atoms with van der Waals surface area (Å²) in [4.78, 5) is 4.56. The molecule has 0 atom stereocenters. The number of aromatic nitrogens is 2. The molecule has 3 aromatic rings. The van der Waals surface area contributed by atoms with Crippen molar-refractivity contribution in [2.24, 2.45) is 0 Å². The maximum atomic E-state index is 6.16. The molecule has 3 rings (SSSR count). The van der Waals surface area contributed by atoms with Crippen molar-refractivity contribution in [3.63, 3.8) is 0 Å². The van der Waals surface area contributed by atoms with Crippen molar-refractivity contribution in [1.29, 1.82) is 0 Å². The van der Waals surface area contributed by atoms with Crippen LogP contribution < -0.4 is 5.73 Å². The van der Waals surface area contributed by atoms with Gasteiger partial charge in [-0.05, 0) is 46.6 Å². The first-order chi connectivity index (χ1) is 9.10. The first-order valence-corrected chi connectivity index (χ1v) is 6.92. The Labute approximate surface area is 119 Å². The molecule has 3 aromatic heterocycles. The topological polar surface area (TPSA) is 56.5 Å². The van der Waals surface area contributed by atoms with Crippen LogP contribution >= 0.6 is 15.9 Å². The molecule has 4 nitrogen and oxygen atoms in total. The fourth-order valence-electron chi connectivity index (χ4n) is 2.05. The molecule has 0 saturated carbocycles. The highest BCUT2D eigenvalue weighted by Gasteiger charge is 2.15. The van der Waals surface area contributed by atoms with Gasteiger partial charge in [0.2, 0.25) is 0 Å². The Morgan fingerprint density at radius 1 is 1.42 bits per heavy atom. The predicted octanol–water partition coefficient (Wildman–Crippen LogP) is 3.81. The van der Waals surface area contributed by atoms with Gasteiger partial charge in [-0.25, -0.2) is 4.98 Å². The lowest BCUT2D eigenvalue weighted by Gasteiger charge is -2.00. The van der Waals surface area contributed by atoms with Gasteiger partial charge in [0.25, 0.3) is 0 Å². The molecule has 0 aliphatic rings. The van der Waals surface area contributed by atoms with Gasteiger partial charge in [0, 0.05) is 17.1 Å². The molecule has 0 bridgehead atoms. The molecule has 5 heteroatoms. The maximum Gasteiger partial charge on any atom is 0.156 e. The van der Waals surface area contributed by atoms with Crippen LogP contribution in [0.4, 0.5) is 5.82 Å². The Kier molecular flexibility index (Phi) is 2.86. The molecule has 0 aromatic carbocycles. The van der Waals surface area contributed by atoms with E-state index in [1.807, 2.05) is 35.7 Å². The van der Waals surface area contributed by atoms with E-state index in [-0.39, 0.29) is 0 Å². The van der Waals surface area contributed by atoms with Gasteiger partial charge in [-0.15, -0.1) is 0 Å². The number of aryl methyl sites for hydroxylation is 2. The number of pyridine rings is 1. The van der Waals surface area contributed by atoms with Gasteiger partial charge in [0.15, 0.2) is 5.76 Å². The molecule has 0 radical (unpaired) electrons. The molecule has 0 saturated heterocycles. The number of imidazole rings is 1.